The molecular formula is C12H11N5. The number of nitriles is 1. The minimum Gasteiger partial charge on any atom is -0.286 e. The first-order valence-electron chi connectivity index (χ1n) is 5.44. The van der Waals surface area contributed by atoms with E-state index in [-0.39, 0.29) is 5.82 Å². The summed E-state index contributed by atoms with van der Waals surface area (Å²) >= 11 is 0. The zero-order valence-electron chi connectivity index (χ0n) is 9.68. The molecule has 2 aromatic heterocycles. The van der Waals surface area contributed by atoms with Crippen LogP contribution in [0.1, 0.15) is 30.9 Å². The lowest BCUT2D eigenvalue weighted by atomic mass is 10.1. The van der Waals surface area contributed by atoms with Gasteiger partial charge in [-0.15, -0.1) is 0 Å². The molecule has 0 aliphatic carbocycles. The lowest BCUT2D eigenvalue weighted by Gasteiger charge is -2.09. The predicted molar refractivity (Wildman–Crippen MR) is 64.7 cm³/mol. The fourth-order valence-electron chi connectivity index (χ4n) is 1.66. The fraction of sp³-hybridized carbons (Fsp3) is 0.250. The number of pyridine rings is 1. The molecule has 5 nitrogen and oxygen atoms in total. The summed E-state index contributed by atoms with van der Waals surface area (Å²) < 4.78 is 0. The second kappa shape index (κ2) is 4.66. The van der Waals surface area contributed by atoms with Gasteiger partial charge in [0.2, 0.25) is 5.82 Å². The molecule has 0 aromatic carbocycles. The molecule has 1 aliphatic rings. The normalized spacial score (nSPS) is 11.6. The van der Waals surface area contributed by atoms with Gasteiger partial charge in [-0.3, -0.25) is 4.99 Å². The van der Waals surface area contributed by atoms with Gasteiger partial charge < -0.3 is 0 Å². The Bertz CT molecular complexity index is 625. The van der Waals surface area contributed by atoms with Crippen LogP contribution < -0.4 is 0 Å². The van der Waals surface area contributed by atoms with Crippen molar-refractivity contribution in [3.05, 3.63) is 29.3 Å². The Morgan fingerprint density at radius 3 is 2.88 bits per heavy atom. The first-order chi connectivity index (χ1) is 8.38. The van der Waals surface area contributed by atoms with Crippen LogP contribution in [0.25, 0.3) is 11.0 Å². The van der Waals surface area contributed by atoms with E-state index in [4.69, 9.17) is 5.26 Å². The van der Waals surface area contributed by atoms with Crippen molar-refractivity contribution in [2.45, 2.75) is 20.4 Å². The highest BCUT2D eigenvalue weighted by Crippen LogP contribution is 2.21. The molecule has 0 atom stereocenters. The van der Waals surface area contributed by atoms with Crippen LogP contribution in [-0.4, -0.2) is 21.2 Å². The number of hydrogen-bond donors (Lipinski definition) is 0. The highest BCUT2D eigenvalue weighted by Gasteiger charge is 2.13. The summed E-state index contributed by atoms with van der Waals surface area (Å²) in [6.45, 7) is 4.49. The summed E-state index contributed by atoms with van der Waals surface area (Å²) in [7, 11) is 0. The van der Waals surface area contributed by atoms with E-state index in [0.717, 1.165) is 16.6 Å². The van der Waals surface area contributed by atoms with Crippen LogP contribution in [0, 0.1) is 11.3 Å². The lowest BCUT2D eigenvalue weighted by molar-refractivity contribution is 0.965. The number of aliphatic imine (C=N–C) groups is 1. The smallest absolute Gasteiger partial charge is 0.234 e. The van der Waals surface area contributed by atoms with Gasteiger partial charge in [0.1, 0.15) is 6.07 Å². The van der Waals surface area contributed by atoms with Crippen LogP contribution in [0.4, 0.5) is 0 Å². The topological polar surface area (TPSA) is 74.8 Å². The average molecular weight is 225 g/mol. The second-order valence-corrected chi connectivity index (χ2v) is 3.17. The molecule has 0 spiro atoms. The zero-order valence-corrected chi connectivity index (χ0v) is 9.68. The number of aromatic nitrogens is 3. The first-order valence-corrected chi connectivity index (χ1v) is 5.44. The van der Waals surface area contributed by atoms with Crippen LogP contribution in [0.2, 0.25) is 0 Å². The molecular weight excluding hydrogens is 214 g/mol. The summed E-state index contributed by atoms with van der Waals surface area (Å²) in [5.74, 6) is 0.152. The minimum absolute atomic E-state index is 0.152. The molecule has 3 rings (SSSR count). The Kier molecular flexibility index (Phi) is 3.06. The van der Waals surface area contributed by atoms with Gasteiger partial charge >= 0.3 is 0 Å². The summed E-state index contributed by atoms with van der Waals surface area (Å²) in [4.78, 5) is 16.5. The Morgan fingerprint density at radius 2 is 2.12 bits per heavy atom. The average Bonchev–Trinajstić information content (AvgIpc) is 2.41. The Labute approximate surface area is 98.9 Å². The summed E-state index contributed by atoms with van der Waals surface area (Å²) in [5.41, 5.74) is 2.31. The molecule has 0 bridgehead atoms. The van der Waals surface area contributed by atoms with Crippen molar-refractivity contribution in [1.29, 1.82) is 5.26 Å². The zero-order chi connectivity index (χ0) is 12.3. The maximum Gasteiger partial charge on any atom is 0.234 e. The third kappa shape index (κ3) is 1.85. The Hall–Kier alpha value is -2.35. The second-order valence-electron chi connectivity index (χ2n) is 3.17. The summed E-state index contributed by atoms with van der Waals surface area (Å²) in [6.07, 6.45) is 3.44. The molecule has 2 aromatic rings. The molecule has 84 valence electrons. The van der Waals surface area contributed by atoms with Gasteiger partial charge in [0.25, 0.3) is 0 Å². The van der Waals surface area contributed by atoms with E-state index in [9.17, 15) is 0 Å². The van der Waals surface area contributed by atoms with E-state index in [1.165, 1.54) is 0 Å². The Balaban J connectivity index is 0.000000514. The molecule has 0 saturated carbocycles. The van der Waals surface area contributed by atoms with Crippen molar-refractivity contribution in [3.8, 4) is 6.07 Å². The maximum absolute atomic E-state index is 8.76. The van der Waals surface area contributed by atoms with Crippen LogP contribution in [0.15, 0.2) is 17.3 Å². The SMILES string of the molecule is CC.N#Cc1nc2c3c(ccnc3n1)C=NC2. The molecule has 5 heteroatoms. The Morgan fingerprint density at radius 1 is 1.29 bits per heavy atom. The van der Waals surface area contributed by atoms with Crippen molar-refractivity contribution in [3.63, 3.8) is 0 Å². The summed E-state index contributed by atoms with van der Waals surface area (Å²) in [6, 6.07) is 3.79. The largest absolute Gasteiger partial charge is 0.286 e. The highest BCUT2D eigenvalue weighted by molar-refractivity contribution is 5.99. The van der Waals surface area contributed by atoms with Gasteiger partial charge in [-0.1, -0.05) is 13.8 Å². The molecule has 0 saturated heterocycles. The van der Waals surface area contributed by atoms with Crippen molar-refractivity contribution < 1.29 is 0 Å². The van der Waals surface area contributed by atoms with Gasteiger partial charge in [-0.2, -0.15) is 10.2 Å². The number of nitrogens with zero attached hydrogens (tertiary/aromatic N) is 5. The van der Waals surface area contributed by atoms with Gasteiger partial charge in [0.05, 0.1) is 17.6 Å². The third-order valence-electron chi connectivity index (χ3n) is 2.28. The fourth-order valence-corrected chi connectivity index (χ4v) is 1.66. The van der Waals surface area contributed by atoms with Crippen molar-refractivity contribution in [1.82, 2.24) is 15.0 Å². The van der Waals surface area contributed by atoms with E-state index in [0.29, 0.717) is 12.2 Å². The maximum atomic E-state index is 8.76. The van der Waals surface area contributed by atoms with Gasteiger partial charge in [-0.25, -0.2) is 9.97 Å². The lowest BCUT2D eigenvalue weighted by Crippen LogP contribution is -2.05. The summed E-state index contributed by atoms with van der Waals surface area (Å²) in [5, 5.41) is 9.67. The molecule has 0 amide bonds. The predicted octanol–water partition coefficient (Wildman–Crippen LogP) is 1.86. The van der Waals surface area contributed by atoms with Crippen LogP contribution in [-0.2, 0) is 6.54 Å². The molecule has 3 heterocycles. The highest BCUT2D eigenvalue weighted by atomic mass is 15.0. The van der Waals surface area contributed by atoms with Crippen molar-refractivity contribution in [2.75, 3.05) is 0 Å². The van der Waals surface area contributed by atoms with E-state index in [1.54, 1.807) is 12.4 Å². The van der Waals surface area contributed by atoms with E-state index >= 15 is 0 Å². The number of rotatable bonds is 0. The molecule has 1 aliphatic heterocycles. The molecule has 0 N–H and O–H groups in total. The third-order valence-corrected chi connectivity index (χ3v) is 2.28. The first kappa shape index (κ1) is 11.1. The van der Waals surface area contributed by atoms with Crippen LogP contribution in [0.3, 0.4) is 0 Å². The monoisotopic (exact) mass is 225 g/mol. The van der Waals surface area contributed by atoms with Crippen LogP contribution in [0.5, 0.6) is 0 Å². The molecule has 0 unspecified atom stereocenters. The standard InChI is InChI=1S/C10H5N5.C2H6/c11-3-8-14-7-5-12-4-6-1-2-13-10(15-8)9(6)7;1-2/h1-2,4H,5H2;1-2H3. The number of hydrogen-bond acceptors (Lipinski definition) is 5. The molecule has 0 radical (unpaired) electrons. The van der Waals surface area contributed by atoms with Gasteiger partial charge in [-0.05, 0) is 6.07 Å². The molecule has 17 heavy (non-hydrogen) atoms. The van der Waals surface area contributed by atoms with Crippen molar-refractivity contribution >= 4 is 17.2 Å². The molecule has 0 fully saturated rings. The van der Waals surface area contributed by atoms with E-state index < -0.39 is 0 Å². The van der Waals surface area contributed by atoms with Gasteiger partial charge in [0, 0.05) is 18.0 Å². The minimum atomic E-state index is 0.152. The van der Waals surface area contributed by atoms with Crippen molar-refractivity contribution in [2.24, 2.45) is 4.99 Å². The van der Waals surface area contributed by atoms with E-state index in [2.05, 4.69) is 19.9 Å². The quantitative estimate of drug-likeness (QED) is 0.685. The van der Waals surface area contributed by atoms with Crippen LogP contribution >= 0.6 is 0 Å². The van der Waals surface area contributed by atoms with Gasteiger partial charge in [0.15, 0.2) is 5.65 Å². The van der Waals surface area contributed by atoms with E-state index in [1.807, 2.05) is 26.0 Å².